The Labute approximate surface area is 102 Å². The van der Waals surface area contributed by atoms with E-state index in [1.165, 1.54) is 10.5 Å². The molecule has 0 saturated carbocycles. The van der Waals surface area contributed by atoms with Crippen LogP contribution < -0.4 is 5.32 Å². The molecule has 0 bridgehead atoms. The second-order valence-electron chi connectivity index (χ2n) is 4.18. The first-order valence-electron chi connectivity index (χ1n) is 5.72. The molecule has 2 heterocycles. The largest absolute Gasteiger partial charge is 0.316 e. The molecule has 0 amide bonds. The summed E-state index contributed by atoms with van der Waals surface area (Å²) in [4.78, 5) is 4.14. The SMILES string of the molecule is CNC1CCCN(S(=O)(=O)c2cccnc2)C1. The molecule has 0 spiro atoms. The van der Waals surface area contributed by atoms with Gasteiger partial charge in [-0.05, 0) is 32.0 Å². The van der Waals surface area contributed by atoms with Gasteiger partial charge in [0.25, 0.3) is 0 Å². The number of sulfonamides is 1. The molecule has 17 heavy (non-hydrogen) atoms. The van der Waals surface area contributed by atoms with E-state index in [0.29, 0.717) is 13.1 Å². The van der Waals surface area contributed by atoms with Gasteiger partial charge in [0.15, 0.2) is 0 Å². The molecule has 6 heteroatoms. The van der Waals surface area contributed by atoms with Crippen LogP contribution in [0.2, 0.25) is 0 Å². The number of hydrogen-bond acceptors (Lipinski definition) is 4. The lowest BCUT2D eigenvalue weighted by Crippen LogP contribution is -2.46. The van der Waals surface area contributed by atoms with Crippen molar-refractivity contribution in [3.63, 3.8) is 0 Å². The lowest BCUT2D eigenvalue weighted by atomic mass is 10.1. The molecule has 5 nitrogen and oxygen atoms in total. The number of hydrogen-bond donors (Lipinski definition) is 1. The van der Waals surface area contributed by atoms with E-state index in [4.69, 9.17) is 0 Å². The first-order valence-corrected chi connectivity index (χ1v) is 7.16. The second kappa shape index (κ2) is 5.12. The van der Waals surface area contributed by atoms with Crippen molar-refractivity contribution in [2.45, 2.75) is 23.8 Å². The molecular weight excluding hydrogens is 238 g/mol. The highest BCUT2D eigenvalue weighted by molar-refractivity contribution is 7.89. The molecule has 1 fully saturated rings. The molecule has 0 aromatic carbocycles. The Morgan fingerprint density at radius 2 is 2.35 bits per heavy atom. The molecule has 1 aliphatic rings. The number of nitrogens with one attached hydrogen (secondary N) is 1. The van der Waals surface area contributed by atoms with E-state index in [0.717, 1.165) is 12.8 Å². The van der Waals surface area contributed by atoms with Gasteiger partial charge in [0.1, 0.15) is 4.90 Å². The summed E-state index contributed by atoms with van der Waals surface area (Å²) in [6, 6.07) is 3.48. The maximum absolute atomic E-state index is 12.3. The Hall–Kier alpha value is -0.980. The predicted octanol–water partition coefficient (Wildman–Crippen LogP) is 0.454. The first-order chi connectivity index (χ1) is 8.14. The molecule has 0 radical (unpaired) electrons. The topological polar surface area (TPSA) is 62.3 Å². The van der Waals surface area contributed by atoms with Gasteiger partial charge < -0.3 is 5.32 Å². The normalized spacial score (nSPS) is 22.5. The molecule has 1 N–H and O–H groups in total. The highest BCUT2D eigenvalue weighted by Gasteiger charge is 2.29. The van der Waals surface area contributed by atoms with Crippen LogP contribution in [0.5, 0.6) is 0 Å². The Bertz CT molecular complexity index is 461. The zero-order valence-electron chi connectivity index (χ0n) is 9.83. The van der Waals surface area contributed by atoms with Gasteiger partial charge >= 0.3 is 0 Å². The summed E-state index contributed by atoms with van der Waals surface area (Å²) in [6.45, 7) is 1.13. The van der Waals surface area contributed by atoms with Gasteiger partial charge in [-0.1, -0.05) is 0 Å². The number of nitrogens with zero attached hydrogens (tertiary/aromatic N) is 2. The molecule has 0 aliphatic carbocycles. The van der Waals surface area contributed by atoms with Crippen molar-refractivity contribution in [1.29, 1.82) is 0 Å². The zero-order chi connectivity index (χ0) is 12.3. The van der Waals surface area contributed by atoms with Crippen LogP contribution in [0.1, 0.15) is 12.8 Å². The summed E-state index contributed by atoms with van der Waals surface area (Å²) in [7, 11) is -1.51. The van der Waals surface area contributed by atoms with Crippen LogP contribution in [-0.2, 0) is 10.0 Å². The van der Waals surface area contributed by atoms with Gasteiger partial charge in [-0.15, -0.1) is 0 Å². The van der Waals surface area contributed by atoms with Crippen LogP contribution in [0.25, 0.3) is 0 Å². The average Bonchev–Trinajstić information content (AvgIpc) is 2.40. The van der Waals surface area contributed by atoms with Gasteiger partial charge in [-0.2, -0.15) is 4.31 Å². The van der Waals surface area contributed by atoms with Crippen molar-refractivity contribution in [2.24, 2.45) is 0 Å². The number of aromatic nitrogens is 1. The molecule has 2 rings (SSSR count). The molecule has 94 valence electrons. The fourth-order valence-corrected chi connectivity index (χ4v) is 3.53. The average molecular weight is 255 g/mol. The van der Waals surface area contributed by atoms with Gasteiger partial charge in [0.2, 0.25) is 10.0 Å². The standard InChI is InChI=1S/C11H17N3O2S/c1-12-10-4-3-7-14(9-10)17(15,16)11-5-2-6-13-8-11/h2,5-6,8,10,12H,3-4,7,9H2,1H3. The third-order valence-electron chi connectivity index (χ3n) is 3.06. The Morgan fingerprint density at radius 3 is 3.00 bits per heavy atom. The van der Waals surface area contributed by atoms with Crippen LogP contribution in [0.4, 0.5) is 0 Å². The summed E-state index contributed by atoms with van der Waals surface area (Å²) in [5.74, 6) is 0. The molecule has 1 aromatic rings. The molecule has 1 aromatic heterocycles. The number of piperidine rings is 1. The zero-order valence-corrected chi connectivity index (χ0v) is 10.7. The van der Waals surface area contributed by atoms with Crippen LogP contribution in [0.3, 0.4) is 0 Å². The van der Waals surface area contributed by atoms with Crippen LogP contribution in [-0.4, -0.2) is 43.9 Å². The van der Waals surface area contributed by atoms with Crippen molar-refractivity contribution in [3.05, 3.63) is 24.5 Å². The van der Waals surface area contributed by atoms with Crippen LogP contribution >= 0.6 is 0 Å². The Kier molecular flexibility index (Phi) is 3.76. The highest BCUT2D eigenvalue weighted by atomic mass is 32.2. The molecule has 1 saturated heterocycles. The van der Waals surface area contributed by atoms with Crippen molar-refractivity contribution in [2.75, 3.05) is 20.1 Å². The monoisotopic (exact) mass is 255 g/mol. The summed E-state index contributed by atoms with van der Waals surface area (Å²) >= 11 is 0. The quantitative estimate of drug-likeness (QED) is 0.852. The van der Waals surface area contributed by atoms with E-state index in [2.05, 4.69) is 10.3 Å². The summed E-state index contributed by atoms with van der Waals surface area (Å²) in [5.41, 5.74) is 0. The maximum atomic E-state index is 12.3. The minimum absolute atomic E-state index is 0.246. The smallest absolute Gasteiger partial charge is 0.244 e. The summed E-state index contributed by atoms with van der Waals surface area (Å²) in [6.07, 6.45) is 4.89. The van der Waals surface area contributed by atoms with Crippen molar-refractivity contribution in [3.8, 4) is 0 Å². The first kappa shape index (κ1) is 12.5. The van der Waals surface area contributed by atoms with Gasteiger partial charge in [0.05, 0.1) is 0 Å². The van der Waals surface area contributed by atoms with E-state index in [1.54, 1.807) is 18.3 Å². The number of likely N-dealkylation sites (N-methyl/N-ethyl adjacent to an activating group) is 1. The van der Waals surface area contributed by atoms with Gasteiger partial charge in [-0.3, -0.25) is 4.98 Å². The lowest BCUT2D eigenvalue weighted by molar-refractivity contribution is 0.293. The predicted molar refractivity (Wildman–Crippen MR) is 65.1 cm³/mol. The maximum Gasteiger partial charge on any atom is 0.244 e. The Balaban J connectivity index is 2.21. The van der Waals surface area contributed by atoms with Crippen molar-refractivity contribution in [1.82, 2.24) is 14.6 Å². The molecule has 1 atom stereocenters. The number of rotatable bonds is 3. The fourth-order valence-electron chi connectivity index (χ4n) is 2.05. The van der Waals surface area contributed by atoms with E-state index in [9.17, 15) is 8.42 Å². The summed E-state index contributed by atoms with van der Waals surface area (Å²) in [5, 5.41) is 3.14. The number of pyridine rings is 1. The van der Waals surface area contributed by atoms with Crippen molar-refractivity contribution >= 4 is 10.0 Å². The van der Waals surface area contributed by atoms with Crippen molar-refractivity contribution < 1.29 is 8.42 Å². The summed E-state index contributed by atoms with van der Waals surface area (Å²) < 4.78 is 26.2. The molecular formula is C11H17N3O2S. The van der Waals surface area contributed by atoms with Crippen LogP contribution in [0, 0.1) is 0 Å². The molecule has 1 unspecified atom stereocenters. The molecule has 1 aliphatic heterocycles. The minimum atomic E-state index is -3.37. The lowest BCUT2D eigenvalue weighted by Gasteiger charge is -2.31. The fraction of sp³-hybridized carbons (Fsp3) is 0.545. The van der Waals surface area contributed by atoms with Crippen LogP contribution in [0.15, 0.2) is 29.4 Å². The minimum Gasteiger partial charge on any atom is -0.316 e. The van der Waals surface area contributed by atoms with Gasteiger partial charge in [-0.25, -0.2) is 8.42 Å². The van der Waals surface area contributed by atoms with E-state index in [1.807, 2.05) is 7.05 Å². The highest BCUT2D eigenvalue weighted by Crippen LogP contribution is 2.19. The van der Waals surface area contributed by atoms with Gasteiger partial charge in [0, 0.05) is 31.5 Å². The third kappa shape index (κ3) is 2.65. The Morgan fingerprint density at radius 1 is 1.53 bits per heavy atom. The van der Waals surface area contributed by atoms with E-state index in [-0.39, 0.29) is 10.9 Å². The third-order valence-corrected chi connectivity index (χ3v) is 4.91. The second-order valence-corrected chi connectivity index (χ2v) is 6.12. The van der Waals surface area contributed by atoms with E-state index < -0.39 is 10.0 Å². The van der Waals surface area contributed by atoms with E-state index >= 15 is 0 Å².